The summed E-state index contributed by atoms with van der Waals surface area (Å²) in [5.41, 5.74) is 0. The zero-order valence-corrected chi connectivity index (χ0v) is 8.57. The number of nitrogens with one attached hydrogen (secondary N) is 2. The molecule has 1 aromatic heterocycles. The van der Waals surface area contributed by atoms with Gasteiger partial charge in [0.15, 0.2) is 5.96 Å². The number of rotatable bonds is 0. The number of aromatic nitrogens is 2. The van der Waals surface area contributed by atoms with Crippen molar-refractivity contribution in [3.63, 3.8) is 0 Å². The molecule has 0 aromatic carbocycles. The van der Waals surface area contributed by atoms with Gasteiger partial charge < -0.3 is 10.2 Å². The van der Waals surface area contributed by atoms with Gasteiger partial charge in [0.05, 0.1) is 0 Å². The summed E-state index contributed by atoms with van der Waals surface area (Å²) in [7, 11) is 7.49. The lowest BCUT2D eigenvalue weighted by molar-refractivity contribution is 0.596. The Morgan fingerprint density at radius 3 is 2.31 bits per heavy atom. The molecule has 0 atom stereocenters. The Kier molecular flexibility index (Phi) is 6.31. The van der Waals surface area contributed by atoms with Gasteiger partial charge in [0.25, 0.3) is 0 Å². The Hall–Kier alpha value is -1.52. The van der Waals surface area contributed by atoms with E-state index in [2.05, 4.69) is 20.5 Å². The molecular weight excluding hydrogens is 166 g/mol. The Bertz CT molecular complexity index is 197. The Labute approximate surface area is 78.9 Å². The number of guanidine groups is 1. The summed E-state index contributed by atoms with van der Waals surface area (Å²) in [6.45, 7) is 0. The van der Waals surface area contributed by atoms with Gasteiger partial charge in [-0.3, -0.25) is 10.1 Å². The molecule has 0 aliphatic heterocycles. The highest BCUT2D eigenvalue weighted by atomic mass is 15.2. The molecule has 0 aliphatic rings. The first-order valence-electron chi connectivity index (χ1n) is 3.98. The maximum atomic E-state index is 3.94. The topological polar surface area (TPSA) is 56.3 Å². The lowest BCUT2D eigenvalue weighted by Crippen LogP contribution is -2.33. The minimum absolute atomic E-state index is 0.894. The van der Waals surface area contributed by atoms with E-state index < -0.39 is 0 Å². The van der Waals surface area contributed by atoms with Crippen molar-refractivity contribution in [3.05, 3.63) is 18.5 Å². The van der Waals surface area contributed by atoms with Gasteiger partial charge in [-0.15, -0.1) is 0 Å². The van der Waals surface area contributed by atoms with E-state index in [0.717, 1.165) is 5.96 Å². The zero-order valence-electron chi connectivity index (χ0n) is 8.57. The molecular formula is C8H17N5. The molecule has 0 unspecified atom stereocenters. The quantitative estimate of drug-likeness (QED) is 0.445. The molecule has 2 N–H and O–H groups in total. The average molecular weight is 183 g/mol. The molecule has 74 valence electrons. The fourth-order valence-corrected chi connectivity index (χ4v) is 0.751. The van der Waals surface area contributed by atoms with Crippen molar-refractivity contribution in [1.29, 1.82) is 0 Å². The first kappa shape index (κ1) is 11.5. The molecule has 0 bridgehead atoms. The summed E-state index contributed by atoms with van der Waals surface area (Å²) < 4.78 is 0. The van der Waals surface area contributed by atoms with Gasteiger partial charge in [-0.25, -0.2) is 0 Å². The Balaban J connectivity index is 0.000000243. The van der Waals surface area contributed by atoms with E-state index in [1.165, 1.54) is 0 Å². The van der Waals surface area contributed by atoms with E-state index >= 15 is 0 Å². The van der Waals surface area contributed by atoms with Crippen LogP contribution in [0, 0.1) is 0 Å². The molecule has 13 heavy (non-hydrogen) atoms. The second-order valence-corrected chi connectivity index (χ2v) is 2.46. The molecule has 1 rings (SSSR count). The van der Waals surface area contributed by atoms with Gasteiger partial charge in [-0.1, -0.05) is 0 Å². The van der Waals surface area contributed by atoms with Crippen molar-refractivity contribution in [2.24, 2.45) is 4.99 Å². The van der Waals surface area contributed by atoms with Gasteiger partial charge >= 0.3 is 0 Å². The van der Waals surface area contributed by atoms with Crippen LogP contribution in [0.15, 0.2) is 23.5 Å². The normalized spacial score (nSPS) is 10.0. The molecule has 0 fully saturated rings. The maximum Gasteiger partial charge on any atom is 0.192 e. The highest BCUT2D eigenvalue weighted by molar-refractivity contribution is 5.78. The van der Waals surface area contributed by atoms with E-state index in [1.807, 2.05) is 32.1 Å². The first-order chi connectivity index (χ1) is 6.22. The molecule has 0 saturated carbocycles. The van der Waals surface area contributed by atoms with Crippen LogP contribution in [-0.2, 0) is 0 Å². The summed E-state index contributed by atoms with van der Waals surface area (Å²) in [6.07, 6.45) is 3.46. The number of aromatic amines is 1. The SMILES string of the molecule is CN=C(NC)N(C)C.c1cn[nH]c1. The largest absolute Gasteiger partial charge is 0.359 e. The van der Waals surface area contributed by atoms with Gasteiger partial charge in [0.2, 0.25) is 0 Å². The standard InChI is InChI=1S/C5H13N3.C3H4N2/c1-6-5(7-2)8(3)4;1-2-4-5-3-1/h1-4H3,(H,6,7);1-3H,(H,4,5). The van der Waals surface area contributed by atoms with Crippen LogP contribution in [-0.4, -0.2) is 49.2 Å². The molecule has 0 amide bonds. The summed E-state index contributed by atoms with van der Waals surface area (Å²) in [5.74, 6) is 0.894. The minimum atomic E-state index is 0.894. The minimum Gasteiger partial charge on any atom is -0.359 e. The van der Waals surface area contributed by atoms with Gasteiger partial charge in [-0.05, 0) is 6.07 Å². The highest BCUT2D eigenvalue weighted by Crippen LogP contribution is 1.73. The predicted molar refractivity (Wildman–Crippen MR) is 54.7 cm³/mol. The molecule has 0 aliphatic carbocycles. The molecule has 0 spiro atoms. The average Bonchev–Trinajstić information content (AvgIpc) is 2.62. The van der Waals surface area contributed by atoms with Crippen LogP contribution < -0.4 is 5.32 Å². The summed E-state index contributed by atoms with van der Waals surface area (Å²) >= 11 is 0. The van der Waals surface area contributed by atoms with Crippen molar-refractivity contribution in [2.45, 2.75) is 0 Å². The third-order valence-electron chi connectivity index (χ3n) is 1.26. The molecule has 5 heteroatoms. The lowest BCUT2D eigenvalue weighted by Gasteiger charge is -2.12. The van der Waals surface area contributed by atoms with E-state index in [9.17, 15) is 0 Å². The van der Waals surface area contributed by atoms with Gasteiger partial charge in [-0.2, -0.15) is 5.10 Å². The molecule has 0 radical (unpaired) electrons. The van der Waals surface area contributed by atoms with Crippen LogP contribution in [0.3, 0.4) is 0 Å². The monoisotopic (exact) mass is 183 g/mol. The van der Waals surface area contributed by atoms with Crippen molar-refractivity contribution in [2.75, 3.05) is 28.2 Å². The first-order valence-corrected chi connectivity index (χ1v) is 3.98. The van der Waals surface area contributed by atoms with Crippen molar-refractivity contribution >= 4 is 5.96 Å². The van der Waals surface area contributed by atoms with Crippen molar-refractivity contribution < 1.29 is 0 Å². The van der Waals surface area contributed by atoms with Crippen LogP contribution >= 0.6 is 0 Å². The highest BCUT2D eigenvalue weighted by Gasteiger charge is 1.91. The molecule has 1 aromatic rings. The number of nitrogens with zero attached hydrogens (tertiary/aromatic N) is 3. The van der Waals surface area contributed by atoms with Crippen LogP contribution in [0.1, 0.15) is 0 Å². The third kappa shape index (κ3) is 5.72. The van der Waals surface area contributed by atoms with E-state index in [1.54, 1.807) is 19.4 Å². The second-order valence-electron chi connectivity index (χ2n) is 2.46. The van der Waals surface area contributed by atoms with Crippen LogP contribution in [0.4, 0.5) is 0 Å². The predicted octanol–water partition coefficient (Wildman–Crippen LogP) is 0.163. The van der Waals surface area contributed by atoms with Crippen LogP contribution in [0.2, 0.25) is 0 Å². The Morgan fingerprint density at radius 2 is 2.23 bits per heavy atom. The van der Waals surface area contributed by atoms with E-state index in [4.69, 9.17) is 0 Å². The lowest BCUT2D eigenvalue weighted by atomic mass is 10.8. The van der Waals surface area contributed by atoms with Crippen LogP contribution in [0.25, 0.3) is 0 Å². The fraction of sp³-hybridized carbons (Fsp3) is 0.500. The molecule has 1 heterocycles. The number of hydrogen-bond donors (Lipinski definition) is 2. The van der Waals surface area contributed by atoms with Gasteiger partial charge in [0.1, 0.15) is 0 Å². The third-order valence-corrected chi connectivity index (χ3v) is 1.26. The van der Waals surface area contributed by atoms with Crippen molar-refractivity contribution in [3.8, 4) is 0 Å². The summed E-state index contributed by atoms with van der Waals surface area (Å²) in [6, 6.07) is 1.83. The van der Waals surface area contributed by atoms with E-state index in [-0.39, 0.29) is 0 Å². The maximum absolute atomic E-state index is 3.94. The zero-order chi connectivity index (χ0) is 10.1. The van der Waals surface area contributed by atoms with Crippen molar-refractivity contribution in [1.82, 2.24) is 20.4 Å². The summed E-state index contributed by atoms with van der Waals surface area (Å²) in [4.78, 5) is 5.85. The number of hydrogen-bond acceptors (Lipinski definition) is 2. The second kappa shape index (κ2) is 7.15. The van der Waals surface area contributed by atoms with Gasteiger partial charge in [0, 0.05) is 40.6 Å². The van der Waals surface area contributed by atoms with E-state index in [0.29, 0.717) is 0 Å². The molecule has 0 saturated heterocycles. The smallest absolute Gasteiger partial charge is 0.192 e. The summed E-state index contributed by atoms with van der Waals surface area (Å²) in [5, 5.41) is 9.14. The Morgan fingerprint density at radius 1 is 1.54 bits per heavy atom. The number of aliphatic imine (C=N–C) groups is 1. The van der Waals surface area contributed by atoms with Crippen LogP contribution in [0.5, 0.6) is 0 Å². The number of H-pyrrole nitrogens is 1. The molecule has 5 nitrogen and oxygen atoms in total. The fourth-order valence-electron chi connectivity index (χ4n) is 0.751.